The summed E-state index contributed by atoms with van der Waals surface area (Å²) >= 11 is 0. The molecule has 0 bridgehead atoms. The van der Waals surface area contributed by atoms with Gasteiger partial charge in [0, 0.05) is 25.4 Å². The number of rotatable bonds is 11. The van der Waals surface area contributed by atoms with Crippen LogP contribution in [0.1, 0.15) is 37.2 Å². The molecule has 33 heavy (non-hydrogen) atoms. The maximum Gasteiger partial charge on any atom is 0.340 e. The van der Waals surface area contributed by atoms with Gasteiger partial charge in [-0.1, -0.05) is 12.1 Å². The van der Waals surface area contributed by atoms with Gasteiger partial charge in [0.1, 0.15) is 12.4 Å². The van der Waals surface area contributed by atoms with Crippen molar-refractivity contribution in [2.24, 2.45) is 0 Å². The van der Waals surface area contributed by atoms with E-state index in [2.05, 4.69) is 16.0 Å². The molecule has 2 fully saturated rings. The molecule has 0 aromatic heterocycles. The zero-order valence-electron chi connectivity index (χ0n) is 18.6. The molecule has 1 amide bonds. The molecule has 3 unspecified atom stereocenters. The Morgan fingerprint density at radius 2 is 1.76 bits per heavy atom. The number of carboxylic acids is 1. The predicted octanol–water partition coefficient (Wildman–Crippen LogP) is 0.152. The van der Waals surface area contributed by atoms with E-state index in [0.29, 0.717) is 19.4 Å². The summed E-state index contributed by atoms with van der Waals surface area (Å²) in [5.41, 5.74) is 1.02. The van der Waals surface area contributed by atoms with Crippen LogP contribution in [0.3, 0.4) is 0 Å². The first-order valence-electron chi connectivity index (χ1n) is 11.4. The van der Waals surface area contributed by atoms with Crippen LogP contribution < -0.4 is 16.0 Å². The van der Waals surface area contributed by atoms with Gasteiger partial charge in [0.15, 0.2) is 5.78 Å². The SMILES string of the molecule is O=C(COC1CCNCC1c1ccc(O)cc1)NCCC(=O)C(OC1CCNCC1)C(=O)O. The number of carboxylic acid groups (broad SMARTS) is 1. The molecule has 10 heteroatoms. The van der Waals surface area contributed by atoms with Gasteiger partial charge >= 0.3 is 5.97 Å². The van der Waals surface area contributed by atoms with Crippen molar-refractivity contribution in [1.29, 1.82) is 0 Å². The summed E-state index contributed by atoms with van der Waals surface area (Å²) in [4.78, 5) is 36.0. The summed E-state index contributed by atoms with van der Waals surface area (Å²) in [6.07, 6.45) is 0.00806. The van der Waals surface area contributed by atoms with Gasteiger partial charge in [-0.25, -0.2) is 4.79 Å². The summed E-state index contributed by atoms with van der Waals surface area (Å²) in [5.74, 6) is -1.98. The molecule has 0 radical (unpaired) electrons. The van der Waals surface area contributed by atoms with Crippen LogP contribution >= 0.6 is 0 Å². The average molecular weight is 464 g/mol. The number of aliphatic carboxylic acids is 1. The predicted molar refractivity (Wildman–Crippen MR) is 119 cm³/mol. The van der Waals surface area contributed by atoms with Crippen LogP contribution in [0.25, 0.3) is 0 Å². The van der Waals surface area contributed by atoms with Crippen molar-refractivity contribution in [3.8, 4) is 5.75 Å². The van der Waals surface area contributed by atoms with Crippen molar-refractivity contribution in [3.63, 3.8) is 0 Å². The van der Waals surface area contributed by atoms with Gasteiger partial charge in [0.2, 0.25) is 12.0 Å². The van der Waals surface area contributed by atoms with E-state index in [1.54, 1.807) is 12.1 Å². The number of carbonyl (C=O) groups excluding carboxylic acids is 2. The first-order chi connectivity index (χ1) is 15.9. The van der Waals surface area contributed by atoms with Gasteiger partial charge in [0.05, 0.1) is 12.2 Å². The highest BCUT2D eigenvalue weighted by Crippen LogP contribution is 2.27. The van der Waals surface area contributed by atoms with Crippen molar-refractivity contribution < 1.29 is 34.1 Å². The molecule has 2 saturated heterocycles. The van der Waals surface area contributed by atoms with E-state index in [0.717, 1.165) is 31.6 Å². The molecule has 10 nitrogen and oxygen atoms in total. The molecule has 0 spiro atoms. The number of aromatic hydroxyl groups is 1. The average Bonchev–Trinajstić information content (AvgIpc) is 2.82. The fourth-order valence-electron chi connectivity index (χ4n) is 4.17. The topological polar surface area (TPSA) is 146 Å². The third-order valence-electron chi connectivity index (χ3n) is 5.99. The van der Waals surface area contributed by atoms with Crippen LogP contribution in [0, 0.1) is 0 Å². The lowest BCUT2D eigenvalue weighted by atomic mass is 9.89. The van der Waals surface area contributed by atoms with E-state index < -0.39 is 17.9 Å². The van der Waals surface area contributed by atoms with E-state index in [9.17, 15) is 24.6 Å². The monoisotopic (exact) mass is 463 g/mol. The number of nitrogens with one attached hydrogen (secondary N) is 3. The largest absolute Gasteiger partial charge is 0.508 e. The van der Waals surface area contributed by atoms with Crippen molar-refractivity contribution in [1.82, 2.24) is 16.0 Å². The fraction of sp³-hybridized carbons (Fsp3) is 0.609. The van der Waals surface area contributed by atoms with Crippen LogP contribution in [0.5, 0.6) is 5.75 Å². The number of hydrogen-bond acceptors (Lipinski definition) is 8. The fourth-order valence-corrected chi connectivity index (χ4v) is 4.17. The molecule has 3 atom stereocenters. The zero-order chi connectivity index (χ0) is 23.6. The molecule has 5 N–H and O–H groups in total. The van der Waals surface area contributed by atoms with Crippen LogP contribution in [-0.2, 0) is 23.9 Å². The number of amides is 1. The van der Waals surface area contributed by atoms with Crippen molar-refractivity contribution in [2.45, 2.75) is 49.9 Å². The van der Waals surface area contributed by atoms with Crippen LogP contribution in [0.4, 0.5) is 0 Å². The normalized spacial score (nSPS) is 22.4. The van der Waals surface area contributed by atoms with Crippen molar-refractivity contribution in [2.75, 3.05) is 39.3 Å². The Hall–Kier alpha value is -2.53. The third-order valence-corrected chi connectivity index (χ3v) is 5.99. The lowest BCUT2D eigenvalue weighted by Crippen LogP contribution is -2.42. The molecular formula is C23H33N3O7. The summed E-state index contributed by atoms with van der Waals surface area (Å²) < 4.78 is 11.4. The zero-order valence-corrected chi connectivity index (χ0v) is 18.6. The second-order valence-corrected chi connectivity index (χ2v) is 8.41. The van der Waals surface area contributed by atoms with E-state index in [1.807, 2.05) is 12.1 Å². The lowest BCUT2D eigenvalue weighted by Gasteiger charge is -2.32. The Morgan fingerprint density at radius 1 is 1.06 bits per heavy atom. The number of benzene rings is 1. The lowest BCUT2D eigenvalue weighted by molar-refractivity contribution is -0.161. The smallest absolute Gasteiger partial charge is 0.340 e. The molecule has 2 aliphatic rings. The highest BCUT2D eigenvalue weighted by Gasteiger charge is 2.31. The summed E-state index contributed by atoms with van der Waals surface area (Å²) in [6, 6.07) is 6.95. The Balaban J connectivity index is 1.41. The number of phenolic OH excluding ortho intramolecular Hbond substituents is 1. The number of ether oxygens (including phenoxy) is 2. The number of hydrogen-bond donors (Lipinski definition) is 5. The first kappa shape index (κ1) is 25.1. The quantitative estimate of drug-likeness (QED) is 0.289. The van der Waals surface area contributed by atoms with Crippen molar-refractivity contribution >= 4 is 17.7 Å². The van der Waals surface area contributed by atoms with Gasteiger partial charge in [-0.2, -0.15) is 0 Å². The molecule has 3 rings (SSSR count). The number of Topliss-reactive ketones (excluding diaryl/α,β-unsaturated/α-hetero) is 1. The molecule has 0 saturated carbocycles. The molecule has 2 aliphatic heterocycles. The minimum atomic E-state index is -1.51. The standard InChI is InChI=1S/C23H33N3O7/c27-16-3-1-15(2-4-16)18-13-25-11-8-20(18)32-14-21(29)26-12-7-19(28)22(23(30)31)33-17-5-9-24-10-6-17/h1-4,17-18,20,22,24-25,27H,5-14H2,(H,26,29)(H,30,31). The summed E-state index contributed by atoms with van der Waals surface area (Å²) in [7, 11) is 0. The van der Waals surface area contributed by atoms with E-state index in [-0.39, 0.29) is 49.4 Å². The maximum atomic E-state index is 12.3. The van der Waals surface area contributed by atoms with E-state index in [1.165, 1.54) is 0 Å². The van der Waals surface area contributed by atoms with Gasteiger partial charge in [-0.3, -0.25) is 9.59 Å². The van der Waals surface area contributed by atoms with Gasteiger partial charge in [-0.15, -0.1) is 0 Å². The highest BCUT2D eigenvalue weighted by atomic mass is 16.5. The number of phenols is 1. The van der Waals surface area contributed by atoms with Crippen LogP contribution in [0.2, 0.25) is 0 Å². The summed E-state index contributed by atoms with van der Waals surface area (Å²) in [6.45, 7) is 2.81. The molecule has 1 aromatic rings. The van der Waals surface area contributed by atoms with Gasteiger partial charge in [-0.05, 0) is 56.6 Å². The molecule has 0 aliphatic carbocycles. The molecule has 1 aromatic carbocycles. The Kier molecular flexibility index (Phi) is 9.61. The second-order valence-electron chi connectivity index (χ2n) is 8.41. The number of piperidine rings is 2. The minimum Gasteiger partial charge on any atom is -0.508 e. The van der Waals surface area contributed by atoms with Gasteiger partial charge in [0.25, 0.3) is 0 Å². The van der Waals surface area contributed by atoms with E-state index in [4.69, 9.17) is 9.47 Å². The van der Waals surface area contributed by atoms with Crippen LogP contribution in [0.15, 0.2) is 24.3 Å². The Morgan fingerprint density at radius 3 is 2.45 bits per heavy atom. The Bertz CT molecular complexity index is 796. The van der Waals surface area contributed by atoms with Gasteiger partial charge < -0.3 is 35.6 Å². The molecule has 2 heterocycles. The molecule has 182 valence electrons. The number of ketones is 1. The summed E-state index contributed by atoms with van der Waals surface area (Å²) in [5, 5.41) is 28.0. The highest BCUT2D eigenvalue weighted by molar-refractivity contribution is 6.01. The first-order valence-corrected chi connectivity index (χ1v) is 11.4. The van der Waals surface area contributed by atoms with Crippen molar-refractivity contribution in [3.05, 3.63) is 29.8 Å². The van der Waals surface area contributed by atoms with Crippen LogP contribution in [-0.4, -0.2) is 85.5 Å². The second kappa shape index (κ2) is 12.6. The third kappa shape index (κ3) is 7.78. The molecular weight excluding hydrogens is 430 g/mol. The Labute approximate surface area is 193 Å². The maximum absolute atomic E-state index is 12.3. The minimum absolute atomic E-state index is 0.0218. The van der Waals surface area contributed by atoms with E-state index >= 15 is 0 Å². The number of carbonyl (C=O) groups is 3.